The van der Waals surface area contributed by atoms with Crippen LogP contribution in [-0.4, -0.2) is 7.05 Å². The van der Waals surface area contributed by atoms with Crippen LogP contribution in [0.15, 0.2) is 42.5 Å². The molecule has 0 aromatic heterocycles. The molecule has 0 bridgehead atoms. The maximum Gasteiger partial charge on any atom is 0.0439 e. The van der Waals surface area contributed by atoms with Crippen molar-refractivity contribution in [2.75, 3.05) is 17.7 Å². The van der Waals surface area contributed by atoms with E-state index in [0.717, 1.165) is 12.1 Å². The smallest absolute Gasteiger partial charge is 0.0439 e. The average Bonchev–Trinajstić information content (AvgIpc) is 2.38. The molecule has 0 spiro atoms. The van der Waals surface area contributed by atoms with Crippen LogP contribution in [0, 0.1) is 6.92 Å². The van der Waals surface area contributed by atoms with E-state index in [1.54, 1.807) is 0 Å². The average molecular weight is 240 g/mol. The van der Waals surface area contributed by atoms with Crippen LogP contribution in [0.2, 0.25) is 0 Å². The summed E-state index contributed by atoms with van der Waals surface area (Å²) in [5.41, 5.74) is 11.5. The van der Waals surface area contributed by atoms with Gasteiger partial charge in [0.1, 0.15) is 0 Å². The summed E-state index contributed by atoms with van der Waals surface area (Å²) in [6.45, 7) is 4.26. The van der Waals surface area contributed by atoms with Gasteiger partial charge in [0.15, 0.2) is 0 Å². The van der Waals surface area contributed by atoms with Crippen molar-refractivity contribution in [3.05, 3.63) is 53.6 Å². The zero-order valence-corrected chi connectivity index (χ0v) is 11.3. The molecule has 0 saturated heterocycles. The number of hydrogen-bond donors (Lipinski definition) is 1. The van der Waals surface area contributed by atoms with Crippen molar-refractivity contribution in [2.45, 2.75) is 20.3 Å². The Morgan fingerprint density at radius 1 is 1.06 bits per heavy atom. The lowest BCUT2D eigenvalue weighted by Crippen LogP contribution is -2.11. The van der Waals surface area contributed by atoms with Crippen LogP contribution in [0.4, 0.5) is 17.1 Å². The summed E-state index contributed by atoms with van der Waals surface area (Å²) in [5, 5.41) is 0. The summed E-state index contributed by atoms with van der Waals surface area (Å²) in [7, 11) is 2.08. The van der Waals surface area contributed by atoms with Crippen molar-refractivity contribution in [1.82, 2.24) is 0 Å². The minimum Gasteiger partial charge on any atom is -0.399 e. The second kappa shape index (κ2) is 5.13. The molecule has 0 aliphatic heterocycles. The first-order chi connectivity index (χ1) is 8.61. The number of nitrogens with two attached hydrogens (primary N) is 1. The van der Waals surface area contributed by atoms with Gasteiger partial charge in [-0.2, -0.15) is 0 Å². The fraction of sp³-hybridized carbons (Fsp3) is 0.250. The van der Waals surface area contributed by atoms with Crippen molar-refractivity contribution < 1.29 is 0 Å². The number of nitrogens with zero attached hydrogens (tertiary/aromatic N) is 1. The molecule has 2 heteroatoms. The molecule has 0 unspecified atom stereocenters. The summed E-state index contributed by atoms with van der Waals surface area (Å²) >= 11 is 0. The summed E-state index contributed by atoms with van der Waals surface area (Å²) in [6, 6.07) is 14.7. The van der Waals surface area contributed by atoms with Gasteiger partial charge in [-0.15, -0.1) is 0 Å². The third-order valence-electron chi connectivity index (χ3n) is 3.31. The number of aryl methyl sites for hydroxylation is 2. The highest BCUT2D eigenvalue weighted by atomic mass is 15.1. The van der Waals surface area contributed by atoms with Crippen molar-refractivity contribution in [3.8, 4) is 0 Å². The molecular formula is C16H20N2. The first-order valence-electron chi connectivity index (χ1n) is 6.30. The number of rotatable bonds is 3. The van der Waals surface area contributed by atoms with Crippen LogP contribution in [0.25, 0.3) is 0 Å². The number of nitrogen functional groups attached to an aromatic ring is 1. The van der Waals surface area contributed by atoms with E-state index in [2.05, 4.69) is 56.1 Å². The molecule has 0 aliphatic carbocycles. The van der Waals surface area contributed by atoms with Crippen molar-refractivity contribution in [1.29, 1.82) is 0 Å². The standard InChI is InChI=1S/C16H20N2/c1-4-13-5-8-15(9-6-13)18(3)16-10-7-14(17)11-12(16)2/h5-11H,4,17H2,1-3H3. The fourth-order valence-corrected chi connectivity index (χ4v) is 2.15. The molecule has 0 aliphatic rings. The van der Waals surface area contributed by atoms with E-state index in [1.165, 1.54) is 22.5 Å². The summed E-state index contributed by atoms with van der Waals surface area (Å²) in [5.74, 6) is 0. The van der Waals surface area contributed by atoms with Gasteiger partial charge in [-0.1, -0.05) is 19.1 Å². The predicted molar refractivity (Wildman–Crippen MR) is 79.5 cm³/mol. The lowest BCUT2D eigenvalue weighted by Gasteiger charge is -2.22. The van der Waals surface area contributed by atoms with Gasteiger partial charge in [-0.25, -0.2) is 0 Å². The Hall–Kier alpha value is -1.96. The maximum atomic E-state index is 5.79. The van der Waals surface area contributed by atoms with Crippen LogP contribution in [-0.2, 0) is 6.42 Å². The number of hydrogen-bond acceptors (Lipinski definition) is 2. The van der Waals surface area contributed by atoms with E-state index in [1.807, 2.05) is 12.1 Å². The highest BCUT2D eigenvalue weighted by Gasteiger charge is 2.06. The van der Waals surface area contributed by atoms with Gasteiger partial charge in [0, 0.05) is 24.1 Å². The van der Waals surface area contributed by atoms with Crippen LogP contribution in [0.3, 0.4) is 0 Å². The first kappa shape index (κ1) is 12.5. The minimum atomic E-state index is 0.811. The number of anilines is 3. The van der Waals surface area contributed by atoms with Crippen LogP contribution >= 0.6 is 0 Å². The largest absolute Gasteiger partial charge is 0.399 e. The van der Waals surface area contributed by atoms with Crippen LogP contribution < -0.4 is 10.6 Å². The van der Waals surface area contributed by atoms with E-state index >= 15 is 0 Å². The Labute approximate surface area is 109 Å². The second-order valence-corrected chi connectivity index (χ2v) is 4.62. The van der Waals surface area contributed by atoms with E-state index in [0.29, 0.717) is 0 Å². The van der Waals surface area contributed by atoms with Crippen LogP contribution in [0.1, 0.15) is 18.1 Å². The van der Waals surface area contributed by atoms with Gasteiger partial charge in [-0.3, -0.25) is 0 Å². The summed E-state index contributed by atoms with van der Waals surface area (Å²) in [4.78, 5) is 2.19. The quantitative estimate of drug-likeness (QED) is 0.824. The second-order valence-electron chi connectivity index (χ2n) is 4.62. The Balaban J connectivity index is 2.31. The van der Waals surface area contributed by atoms with E-state index in [-0.39, 0.29) is 0 Å². The van der Waals surface area contributed by atoms with Gasteiger partial charge < -0.3 is 10.6 Å². The Kier molecular flexibility index (Phi) is 3.56. The number of benzene rings is 2. The summed E-state index contributed by atoms with van der Waals surface area (Å²) in [6.07, 6.45) is 1.07. The fourth-order valence-electron chi connectivity index (χ4n) is 2.15. The third kappa shape index (κ3) is 2.48. The molecule has 0 saturated carbocycles. The highest BCUT2D eigenvalue weighted by Crippen LogP contribution is 2.28. The molecule has 2 aromatic carbocycles. The molecule has 94 valence electrons. The molecule has 0 heterocycles. The van der Waals surface area contributed by atoms with Crippen LogP contribution in [0.5, 0.6) is 0 Å². The molecule has 18 heavy (non-hydrogen) atoms. The zero-order valence-electron chi connectivity index (χ0n) is 11.3. The van der Waals surface area contributed by atoms with Crippen molar-refractivity contribution in [2.24, 2.45) is 0 Å². The van der Waals surface area contributed by atoms with E-state index in [4.69, 9.17) is 5.73 Å². The van der Waals surface area contributed by atoms with Crippen molar-refractivity contribution >= 4 is 17.1 Å². The van der Waals surface area contributed by atoms with Gasteiger partial charge in [-0.05, 0) is 54.8 Å². The molecular weight excluding hydrogens is 220 g/mol. The Bertz CT molecular complexity index is 529. The van der Waals surface area contributed by atoms with Gasteiger partial charge in [0.2, 0.25) is 0 Å². The summed E-state index contributed by atoms with van der Waals surface area (Å²) < 4.78 is 0. The molecule has 2 nitrogen and oxygen atoms in total. The van der Waals surface area contributed by atoms with Gasteiger partial charge in [0.25, 0.3) is 0 Å². The SMILES string of the molecule is CCc1ccc(N(C)c2ccc(N)cc2C)cc1. The first-order valence-corrected chi connectivity index (χ1v) is 6.30. The predicted octanol–water partition coefficient (Wildman–Crippen LogP) is 3.91. The third-order valence-corrected chi connectivity index (χ3v) is 3.31. The lowest BCUT2D eigenvalue weighted by atomic mass is 10.1. The zero-order chi connectivity index (χ0) is 13.1. The molecule has 0 atom stereocenters. The Morgan fingerprint density at radius 3 is 2.28 bits per heavy atom. The molecule has 2 rings (SSSR count). The molecule has 2 aromatic rings. The van der Waals surface area contributed by atoms with E-state index in [9.17, 15) is 0 Å². The van der Waals surface area contributed by atoms with Gasteiger partial charge >= 0.3 is 0 Å². The van der Waals surface area contributed by atoms with Crippen molar-refractivity contribution in [3.63, 3.8) is 0 Å². The maximum absolute atomic E-state index is 5.79. The normalized spacial score (nSPS) is 10.4. The topological polar surface area (TPSA) is 29.3 Å². The Morgan fingerprint density at radius 2 is 1.72 bits per heavy atom. The van der Waals surface area contributed by atoms with Gasteiger partial charge in [0.05, 0.1) is 0 Å². The highest BCUT2D eigenvalue weighted by molar-refractivity contribution is 5.68. The lowest BCUT2D eigenvalue weighted by molar-refractivity contribution is 1.13. The molecule has 2 N–H and O–H groups in total. The molecule has 0 fully saturated rings. The van der Waals surface area contributed by atoms with E-state index < -0.39 is 0 Å². The molecule has 0 radical (unpaired) electrons. The molecule has 0 amide bonds. The minimum absolute atomic E-state index is 0.811. The monoisotopic (exact) mass is 240 g/mol.